The number of carbonyl (C=O) groups excluding carboxylic acids is 2. The second-order valence-electron chi connectivity index (χ2n) is 4.89. The summed E-state index contributed by atoms with van der Waals surface area (Å²) < 4.78 is 0. The van der Waals surface area contributed by atoms with Gasteiger partial charge in [-0.15, -0.1) is 11.8 Å². The molecule has 1 aliphatic heterocycles. The van der Waals surface area contributed by atoms with Gasteiger partial charge < -0.3 is 10.6 Å². The Morgan fingerprint density at radius 3 is 3.05 bits per heavy atom. The number of nitrogens with zero attached hydrogens (tertiary/aromatic N) is 1. The lowest BCUT2D eigenvalue weighted by Gasteiger charge is -2.17. The van der Waals surface area contributed by atoms with Crippen LogP contribution in [0.3, 0.4) is 0 Å². The Morgan fingerprint density at radius 2 is 2.23 bits per heavy atom. The number of hydrogen-bond acceptors (Lipinski definition) is 4. The van der Waals surface area contributed by atoms with E-state index >= 15 is 0 Å². The Morgan fingerprint density at radius 1 is 1.32 bits per heavy atom. The van der Waals surface area contributed by atoms with Crippen molar-refractivity contribution in [2.75, 3.05) is 17.6 Å². The standard InChI is InChI=1S/C16H15N3O2S/c20-15-10-22-14-5-4-11(9-13(14)19-15)6-8-18-16(21)12-3-1-2-7-17-12/h1-5,7,9H,6,8,10H2,(H,18,21)(H,19,20). The minimum absolute atomic E-state index is 0.0260. The van der Waals surface area contributed by atoms with Crippen LogP contribution in [0.4, 0.5) is 5.69 Å². The Hall–Kier alpha value is -2.34. The van der Waals surface area contributed by atoms with Crippen molar-refractivity contribution < 1.29 is 9.59 Å². The Kier molecular flexibility index (Phi) is 4.39. The third-order valence-corrected chi connectivity index (χ3v) is 4.35. The van der Waals surface area contributed by atoms with E-state index in [1.54, 1.807) is 36.2 Å². The maximum Gasteiger partial charge on any atom is 0.269 e. The van der Waals surface area contributed by atoms with E-state index in [1.807, 2.05) is 18.2 Å². The fraction of sp³-hybridized carbons (Fsp3) is 0.188. The molecular weight excluding hydrogens is 298 g/mol. The molecule has 0 aliphatic carbocycles. The van der Waals surface area contributed by atoms with Gasteiger partial charge in [-0.25, -0.2) is 0 Å². The molecule has 1 aromatic carbocycles. The molecule has 1 aliphatic rings. The van der Waals surface area contributed by atoms with Crippen molar-refractivity contribution in [2.45, 2.75) is 11.3 Å². The van der Waals surface area contributed by atoms with Crippen molar-refractivity contribution in [3.63, 3.8) is 0 Å². The Bertz CT molecular complexity index is 704. The molecule has 0 radical (unpaired) electrons. The smallest absolute Gasteiger partial charge is 0.269 e. The van der Waals surface area contributed by atoms with Gasteiger partial charge in [0, 0.05) is 17.6 Å². The minimum Gasteiger partial charge on any atom is -0.350 e. The summed E-state index contributed by atoms with van der Waals surface area (Å²) in [6, 6.07) is 11.2. The molecular formula is C16H15N3O2S. The molecule has 22 heavy (non-hydrogen) atoms. The zero-order valence-electron chi connectivity index (χ0n) is 11.8. The van der Waals surface area contributed by atoms with Gasteiger partial charge >= 0.3 is 0 Å². The summed E-state index contributed by atoms with van der Waals surface area (Å²) in [6.07, 6.45) is 2.30. The first-order valence-corrected chi connectivity index (χ1v) is 7.96. The van der Waals surface area contributed by atoms with Crippen LogP contribution >= 0.6 is 11.8 Å². The van der Waals surface area contributed by atoms with Gasteiger partial charge in [-0.1, -0.05) is 12.1 Å². The zero-order valence-corrected chi connectivity index (χ0v) is 12.7. The molecule has 0 spiro atoms. The molecule has 3 rings (SSSR count). The third-order valence-electron chi connectivity index (χ3n) is 3.27. The fourth-order valence-corrected chi connectivity index (χ4v) is 2.98. The highest BCUT2D eigenvalue weighted by Gasteiger charge is 2.15. The fourth-order valence-electron chi connectivity index (χ4n) is 2.19. The number of nitrogens with one attached hydrogen (secondary N) is 2. The molecule has 2 heterocycles. The number of amides is 2. The molecule has 0 bridgehead atoms. The zero-order chi connectivity index (χ0) is 15.4. The maximum absolute atomic E-state index is 11.9. The summed E-state index contributed by atoms with van der Waals surface area (Å²) in [5, 5.41) is 5.71. The maximum atomic E-state index is 11.9. The highest BCUT2D eigenvalue weighted by Crippen LogP contribution is 2.31. The van der Waals surface area contributed by atoms with Crippen LogP contribution in [0.5, 0.6) is 0 Å². The Labute approximate surface area is 132 Å². The van der Waals surface area contributed by atoms with E-state index < -0.39 is 0 Å². The van der Waals surface area contributed by atoms with Crippen LogP contribution in [-0.2, 0) is 11.2 Å². The second kappa shape index (κ2) is 6.62. The number of hydrogen-bond donors (Lipinski definition) is 2. The molecule has 0 saturated heterocycles. The van der Waals surface area contributed by atoms with Crippen molar-refractivity contribution in [1.82, 2.24) is 10.3 Å². The first kappa shape index (κ1) is 14.6. The van der Waals surface area contributed by atoms with Gasteiger partial charge in [0.15, 0.2) is 0 Å². The molecule has 2 aromatic rings. The molecule has 5 nitrogen and oxygen atoms in total. The quantitative estimate of drug-likeness (QED) is 0.907. The van der Waals surface area contributed by atoms with E-state index in [0.29, 0.717) is 24.4 Å². The van der Waals surface area contributed by atoms with Gasteiger partial charge in [-0.2, -0.15) is 0 Å². The van der Waals surface area contributed by atoms with Gasteiger partial charge in [-0.05, 0) is 36.2 Å². The number of rotatable bonds is 4. The molecule has 0 fully saturated rings. The Balaban J connectivity index is 1.57. The molecule has 0 saturated carbocycles. The molecule has 6 heteroatoms. The lowest BCUT2D eigenvalue weighted by molar-refractivity contribution is -0.113. The summed E-state index contributed by atoms with van der Waals surface area (Å²) in [7, 11) is 0. The first-order chi connectivity index (χ1) is 10.7. The van der Waals surface area contributed by atoms with Crippen molar-refractivity contribution in [3.8, 4) is 0 Å². The summed E-state index contributed by atoms with van der Waals surface area (Å²) in [6.45, 7) is 0.523. The molecule has 1 aromatic heterocycles. The van der Waals surface area contributed by atoms with E-state index in [2.05, 4.69) is 15.6 Å². The normalized spacial score (nSPS) is 13.2. The van der Waals surface area contributed by atoms with Crippen LogP contribution in [0.2, 0.25) is 0 Å². The second-order valence-corrected chi connectivity index (χ2v) is 5.91. The van der Waals surface area contributed by atoms with Gasteiger partial charge in [0.25, 0.3) is 5.91 Å². The summed E-state index contributed by atoms with van der Waals surface area (Å²) >= 11 is 1.54. The highest BCUT2D eigenvalue weighted by molar-refractivity contribution is 8.00. The van der Waals surface area contributed by atoms with E-state index in [-0.39, 0.29) is 11.8 Å². The lowest BCUT2D eigenvalue weighted by Crippen LogP contribution is -2.26. The average Bonchev–Trinajstić information content (AvgIpc) is 2.55. The van der Waals surface area contributed by atoms with Crippen molar-refractivity contribution in [3.05, 3.63) is 53.9 Å². The number of pyridine rings is 1. The topological polar surface area (TPSA) is 71.1 Å². The summed E-state index contributed by atoms with van der Waals surface area (Å²) in [4.78, 5) is 28.4. The molecule has 112 valence electrons. The SMILES string of the molecule is O=C1CSc2ccc(CCNC(=O)c3ccccn3)cc2N1. The van der Waals surface area contributed by atoms with Crippen LogP contribution in [0, 0.1) is 0 Å². The van der Waals surface area contributed by atoms with Crippen molar-refractivity contribution in [2.24, 2.45) is 0 Å². The van der Waals surface area contributed by atoms with Crippen molar-refractivity contribution in [1.29, 1.82) is 0 Å². The molecule has 0 unspecified atom stereocenters. The molecule has 0 atom stereocenters. The number of anilines is 1. The van der Waals surface area contributed by atoms with Crippen LogP contribution in [0.25, 0.3) is 0 Å². The lowest BCUT2D eigenvalue weighted by atomic mass is 10.1. The van der Waals surface area contributed by atoms with Crippen molar-refractivity contribution >= 4 is 29.3 Å². The van der Waals surface area contributed by atoms with E-state index in [9.17, 15) is 9.59 Å². The average molecular weight is 313 g/mol. The number of aromatic nitrogens is 1. The third kappa shape index (κ3) is 3.46. The van der Waals surface area contributed by atoms with E-state index in [4.69, 9.17) is 0 Å². The van der Waals surface area contributed by atoms with Crippen LogP contribution in [0.15, 0.2) is 47.5 Å². The van der Waals surface area contributed by atoms with Crippen LogP contribution in [-0.4, -0.2) is 29.1 Å². The van der Waals surface area contributed by atoms with Gasteiger partial charge in [0.1, 0.15) is 5.69 Å². The van der Waals surface area contributed by atoms with Crippen LogP contribution < -0.4 is 10.6 Å². The predicted molar refractivity (Wildman–Crippen MR) is 86.1 cm³/mol. The number of fused-ring (bicyclic) bond motifs is 1. The monoisotopic (exact) mass is 313 g/mol. The number of thioether (sulfide) groups is 1. The highest BCUT2D eigenvalue weighted by atomic mass is 32.2. The van der Waals surface area contributed by atoms with E-state index in [1.165, 1.54) is 0 Å². The molecule has 2 amide bonds. The number of benzene rings is 1. The largest absolute Gasteiger partial charge is 0.350 e. The predicted octanol–water partition coefficient (Wildman–Crippen LogP) is 2.10. The van der Waals surface area contributed by atoms with Gasteiger partial charge in [0.05, 0.1) is 11.4 Å². The first-order valence-electron chi connectivity index (χ1n) is 6.97. The summed E-state index contributed by atoms with van der Waals surface area (Å²) in [5.41, 5.74) is 2.34. The molecule has 2 N–H and O–H groups in total. The summed E-state index contributed by atoms with van der Waals surface area (Å²) in [5.74, 6) is 0.312. The minimum atomic E-state index is -0.178. The van der Waals surface area contributed by atoms with Gasteiger partial charge in [-0.3, -0.25) is 14.6 Å². The van der Waals surface area contributed by atoms with Gasteiger partial charge in [0.2, 0.25) is 5.91 Å². The number of carbonyl (C=O) groups is 2. The van der Waals surface area contributed by atoms with Crippen LogP contribution in [0.1, 0.15) is 16.1 Å². The van der Waals surface area contributed by atoms with E-state index in [0.717, 1.165) is 16.1 Å².